The van der Waals surface area contributed by atoms with E-state index in [1.807, 2.05) is 54.9 Å². The number of aliphatic hydroxyl groups excluding tert-OH is 1. The zero-order valence-corrected chi connectivity index (χ0v) is 24.6. The molecule has 43 heavy (non-hydrogen) atoms. The Balaban J connectivity index is 1.08. The van der Waals surface area contributed by atoms with E-state index in [1.165, 1.54) is 12.8 Å². The lowest BCUT2D eigenvalue weighted by molar-refractivity contribution is 0.117. The molecular weight excluding hydrogens is 544 g/mol. The second-order valence-corrected chi connectivity index (χ2v) is 12.1. The first-order chi connectivity index (χ1) is 20.8. The van der Waals surface area contributed by atoms with Crippen molar-refractivity contribution in [2.75, 3.05) is 31.6 Å². The molecule has 0 bridgehead atoms. The summed E-state index contributed by atoms with van der Waals surface area (Å²) < 4.78 is 7.84. The number of anilines is 1. The van der Waals surface area contributed by atoms with Gasteiger partial charge in [-0.3, -0.25) is 4.79 Å². The predicted molar refractivity (Wildman–Crippen MR) is 168 cm³/mol. The molecule has 0 radical (unpaired) electrons. The van der Waals surface area contributed by atoms with E-state index in [-0.39, 0.29) is 30.6 Å². The van der Waals surface area contributed by atoms with Gasteiger partial charge in [0.1, 0.15) is 29.8 Å². The quantitative estimate of drug-likeness (QED) is 0.168. The molecule has 1 unspecified atom stereocenters. The van der Waals surface area contributed by atoms with Gasteiger partial charge in [0, 0.05) is 54.9 Å². The lowest BCUT2D eigenvalue weighted by atomic mass is 10.0. The molecule has 1 aliphatic carbocycles. The predicted octanol–water partition coefficient (Wildman–Crippen LogP) is 4.85. The summed E-state index contributed by atoms with van der Waals surface area (Å²) in [5.74, 6) is 1.41. The molecule has 1 saturated carbocycles. The van der Waals surface area contributed by atoms with E-state index in [0.717, 1.165) is 65.1 Å². The largest absolute Gasteiger partial charge is 0.494 e. The lowest BCUT2D eigenvalue weighted by Crippen LogP contribution is -2.35. The average Bonchev–Trinajstić information content (AvgIpc) is 3.69. The maximum atomic E-state index is 13.0. The van der Waals surface area contributed by atoms with Crippen molar-refractivity contribution in [2.24, 2.45) is 0 Å². The Labute approximate surface area is 249 Å². The molecule has 10 heteroatoms. The number of H-pyrrole nitrogens is 2. The summed E-state index contributed by atoms with van der Waals surface area (Å²) >= 11 is 0. The number of aromatic amines is 2. The van der Waals surface area contributed by atoms with Crippen LogP contribution in [0.1, 0.15) is 42.9 Å². The maximum absolute atomic E-state index is 13.0. The summed E-state index contributed by atoms with van der Waals surface area (Å²) in [4.78, 5) is 26.3. The van der Waals surface area contributed by atoms with Gasteiger partial charge in [0.2, 0.25) is 0 Å². The van der Waals surface area contributed by atoms with Crippen molar-refractivity contribution in [3.63, 3.8) is 0 Å². The molecule has 10 nitrogen and oxygen atoms in total. The molecule has 1 saturated heterocycles. The molecule has 4 heterocycles. The number of ether oxygens (including phenoxy) is 1. The van der Waals surface area contributed by atoms with Crippen LogP contribution in [0.4, 0.5) is 5.69 Å². The Hall–Kier alpha value is -4.28. The third-order valence-electron chi connectivity index (χ3n) is 8.86. The Morgan fingerprint density at radius 3 is 2.67 bits per heavy atom. The van der Waals surface area contributed by atoms with Crippen LogP contribution in [0.2, 0.25) is 0 Å². The molecule has 2 aromatic carbocycles. The molecule has 3 aromatic heterocycles. The number of hydrogen-bond donors (Lipinski definition) is 5. The molecule has 2 fully saturated rings. The molecule has 224 valence electrons. The van der Waals surface area contributed by atoms with Gasteiger partial charge in [-0.15, -0.1) is 0 Å². The van der Waals surface area contributed by atoms with Crippen molar-refractivity contribution in [3.05, 3.63) is 70.3 Å². The molecule has 2 aliphatic rings. The summed E-state index contributed by atoms with van der Waals surface area (Å²) in [6, 6.07) is 12.6. The fourth-order valence-electron chi connectivity index (χ4n) is 6.38. The van der Waals surface area contributed by atoms with E-state index in [1.54, 1.807) is 12.3 Å². The number of benzene rings is 2. The molecule has 5 aromatic rings. The fourth-order valence-corrected chi connectivity index (χ4v) is 6.38. The molecule has 1 aliphatic heterocycles. The highest BCUT2D eigenvalue weighted by molar-refractivity contribution is 5.99. The second kappa shape index (κ2) is 11.1. The van der Waals surface area contributed by atoms with Crippen LogP contribution in [0.25, 0.3) is 33.2 Å². The number of nitrogens with zero attached hydrogens (tertiary/aromatic N) is 3. The van der Waals surface area contributed by atoms with E-state index in [2.05, 4.69) is 20.2 Å². The van der Waals surface area contributed by atoms with Crippen molar-refractivity contribution in [1.29, 1.82) is 0 Å². The molecule has 1 atom stereocenters. The Morgan fingerprint density at radius 1 is 1.09 bits per heavy atom. The summed E-state index contributed by atoms with van der Waals surface area (Å²) in [5, 5.41) is 26.7. The summed E-state index contributed by atoms with van der Waals surface area (Å²) in [6.45, 7) is 6.45. The van der Waals surface area contributed by atoms with E-state index in [9.17, 15) is 15.0 Å². The zero-order chi connectivity index (χ0) is 29.7. The molecule has 7 rings (SSSR count). The Kier molecular flexibility index (Phi) is 7.10. The maximum Gasteiger partial charge on any atom is 0.261 e. The smallest absolute Gasteiger partial charge is 0.261 e. The minimum absolute atomic E-state index is 0.110. The number of hydrogen-bond acceptors (Lipinski definition) is 7. The number of nitrogens with one attached hydrogen (secondary N) is 3. The van der Waals surface area contributed by atoms with E-state index >= 15 is 0 Å². The lowest BCUT2D eigenvalue weighted by Gasteiger charge is -2.32. The first-order valence-electron chi connectivity index (χ1n) is 15.2. The first-order valence-corrected chi connectivity index (χ1v) is 15.2. The van der Waals surface area contributed by atoms with Gasteiger partial charge in [-0.2, -0.15) is 0 Å². The molecule has 0 spiro atoms. The number of aromatic hydroxyl groups is 1. The number of imidazole rings is 1. The topological polar surface area (TPSA) is 131 Å². The van der Waals surface area contributed by atoms with Gasteiger partial charge in [-0.1, -0.05) is 17.7 Å². The van der Waals surface area contributed by atoms with Crippen molar-refractivity contribution in [1.82, 2.24) is 24.4 Å². The highest BCUT2D eigenvalue weighted by Crippen LogP contribution is 2.38. The molecule has 5 N–H and O–H groups in total. The molecular formula is C33H38N6O4. The van der Waals surface area contributed by atoms with Crippen molar-refractivity contribution >= 4 is 27.5 Å². The SMILES string of the molecule is Cc1ccc(OCC(O)CNc2cc[nH]c(=O)c2-c2nc3cc4c(O)n(C5CCN(C6CC6)CC5)cc4cc3[nH]2)c(C)c1. The molecule has 0 amide bonds. The Bertz CT molecular complexity index is 1840. The van der Waals surface area contributed by atoms with Crippen LogP contribution in [0.15, 0.2) is 53.6 Å². The average molecular weight is 583 g/mol. The third-order valence-corrected chi connectivity index (χ3v) is 8.86. The second-order valence-electron chi connectivity index (χ2n) is 12.1. The van der Waals surface area contributed by atoms with Crippen LogP contribution in [-0.4, -0.2) is 73.0 Å². The number of pyridine rings is 1. The number of aryl methyl sites for hydroxylation is 2. The van der Waals surface area contributed by atoms with Gasteiger partial charge in [0.15, 0.2) is 5.88 Å². The van der Waals surface area contributed by atoms with Gasteiger partial charge >= 0.3 is 0 Å². The van der Waals surface area contributed by atoms with Gasteiger partial charge in [-0.25, -0.2) is 4.98 Å². The van der Waals surface area contributed by atoms with E-state index < -0.39 is 6.10 Å². The number of piperidine rings is 1. The van der Waals surface area contributed by atoms with Crippen LogP contribution in [0, 0.1) is 13.8 Å². The minimum atomic E-state index is -0.801. The fraction of sp³-hybridized carbons (Fsp3) is 0.394. The van der Waals surface area contributed by atoms with E-state index in [4.69, 9.17) is 9.72 Å². The monoisotopic (exact) mass is 582 g/mol. The van der Waals surface area contributed by atoms with Crippen molar-refractivity contribution in [3.8, 4) is 23.0 Å². The van der Waals surface area contributed by atoms with Gasteiger partial charge in [-0.05, 0) is 69.4 Å². The summed E-state index contributed by atoms with van der Waals surface area (Å²) in [5.41, 5.74) is 4.20. The zero-order valence-electron chi connectivity index (χ0n) is 24.6. The number of fused-ring (bicyclic) bond motifs is 2. The normalized spacial score (nSPS) is 17.1. The summed E-state index contributed by atoms with van der Waals surface area (Å²) in [6.07, 6.45) is 7.50. The Morgan fingerprint density at radius 2 is 1.91 bits per heavy atom. The standard InChI is InChI=1S/C33H38N6O4/c1-19-3-6-29(20(2)13-19)43-18-24(40)16-35-26-7-10-34-32(41)30(26)31-36-27-14-21-17-39(33(42)25(21)15-28(27)37-31)23-8-11-38(12-9-23)22-4-5-22/h3,6-7,10,13-15,17,22-24,40,42H,4-5,8-9,11-12,16,18H2,1-2H3,(H,36,37)(H2,34,35,41). The highest BCUT2D eigenvalue weighted by atomic mass is 16.5. The van der Waals surface area contributed by atoms with Crippen LogP contribution in [0.3, 0.4) is 0 Å². The highest BCUT2D eigenvalue weighted by Gasteiger charge is 2.33. The number of aliphatic hydroxyl groups is 1. The summed E-state index contributed by atoms with van der Waals surface area (Å²) in [7, 11) is 0. The van der Waals surface area contributed by atoms with Gasteiger partial charge in [0.25, 0.3) is 5.56 Å². The number of aromatic nitrogens is 4. The van der Waals surface area contributed by atoms with Crippen molar-refractivity contribution in [2.45, 2.75) is 57.7 Å². The van der Waals surface area contributed by atoms with Crippen LogP contribution >= 0.6 is 0 Å². The van der Waals surface area contributed by atoms with Gasteiger partial charge in [0.05, 0.1) is 16.7 Å². The number of likely N-dealkylation sites (tertiary alicyclic amines) is 1. The van der Waals surface area contributed by atoms with E-state index in [0.29, 0.717) is 22.6 Å². The third kappa shape index (κ3) is 5.48. The van der Waals surface area contributed by atoms with Crippen LogP contribution in [0.5, 0.6) is 11.6 Å². The van der Waals surface area contributed by atoms with Crippen molar-refractivity contribution < 1.29 is 14.9 Å². The number of rotatable bonds is 9. The van der Waals surface area contributed by atoms with Crippen LogP contribution in [-0.2, 0) is 0 Å². The van der Waals surface area contributed by atoms with Crippen LogP contribution < -0.4 is 15.6 Å². The minimum Gasteiger partial charge on any atom is -0.494 e. The van der Waals surface area contributed by atoms with Gasteiger partial charge < -0.3 is 39.7 Å². The first kappa shape index (κ1) is 27.5.